The van der Waals surface area contributed by atoms with E-state index in [1.165, 1.54) is 37.1 Å². The fourth-order valence-electron chi connectivity index (χ4n) is 5.36. The fraction of sp³-hybridized carbons (Fsp3) is 0.371. The number of thiophene rings is 1. The Labute approximate surface area is 247 Å². The first kappa shape index (κ1) is 29.0. The number of ether oxygens (including phenoxy) is 2. The van der Waals surface area contributed by atoms with E-state index in [-0.39, 0.29) is 11.8 Å². The van der Waals surface area contributed by atoms with E-state index >= 15 is 0 Å². The van der Waals surface area contributed by atoms with E-state index in [0.29, 0.717) is 18.8 Å². The first-order valence-electron chi connectivity index (χ1n) is 14.8. The summed E-state index contributed by atoms with van der Waals surface area (Å²) in [6.45, 7) is 7.77. The Hall–Kier alpha value is -3.48. The molecule has 0 bridgehead atoms. The summed E-state index contributed by atoms with van der Waals surface area (Å²) in [7, 11) is 0. The molecule has 2 heterocycles. The van der Waals surface area contributed by atoms with Crippen LogP contribution in [0.4, 0.5) is 0 Å². The largest absolute Gasteiger partial charge is 0.492 e. The van der Waals surface area contributed by atoms with Crippen molar-refractivity contribution in [2.75, 3.05) is 26.2 Å². The van der Waals surface area contributed by atoms with Crippen molar-refractivity contribution in [3.8, 4) is 21.9 Å². The van der Waals surface area contributed by atoms with E-state index in [1.807, 2.05) is 36.4 Å². The van der Waals surface area contributed by atoms with Crippen molar-refractivity contribution in [3.63, 3.8) is 0 Å². The summed E-state index contributed by atoms with van der Waals surface area (Å²) >= 11 is 1.70. The van der Waals surface area contributed by atoms with Crippen LogP contribution >= 0.6 is 11.3 Å². The zero-order chi connectivity index (χ0) is 28.6. The first-order valence-corrected chi connectivity index (χ1v) is 15.6. The Morgan fingerprint density at radius 3 is 2.34 bits per heavy atom. The van der Waals surface area contributed by atoms with Crippen molar-refractivity contribution < 1.29 is 19.1 Å². The van der Waals surface area contributed by atoms with Crippen LogP contribution in [-0.4, -0.2) is 42.9 Å². The highest BCUT2D eigenvalue weighted by molar-refractivity contribution is 7.22. The Balaban J connectivity index is 1.34. The summed E-state index contributed by atoms with van der Waals surface area (Å²) in [5.74, 6) is 1.34. The maximum absolute atomic E-state index is 12.2. The van der Waals surface area contributed by atoms with Crippen LogP contribution in [0.1, 0.15) is 73.9 Å². The third-order valence-corrected chi connectivity index (χ3v) is 8.96. The minimum absolute atomic E-state index is 0.0637. The number of carbonyl (C=O) groups excluding carboxylic acids is 2. The molecule has 1 aliphatic heterocycles. The predicted molar refractivity (Wildman–Crippen MR) is 167 cm³/mol. The van der Waals surface area contributed by atoms with E-state index in [1.54, 1.807) is 18.3 Å². The molecule has 1 aliphatic rings. The molecule has 0 radical (unpaired) electrons. The number of hydrogen-bond donors (Lipinski definition) is 0. The van der Waals surface area contributed by atoms with E-state index in [4.69, 9.17) is 9.47 Å². The number of rotatable bonds is 13. The lowest BCUT2D eigenvalue weighted by Crippen LogP contribution is -2.25. The lowest BCUT2D eigenvalue weighted by molar-refractivity contribution is -0.134. The first-order chi connectivity index (χ1) is 20.0. The molecule has 0 atom stereocenters. The Morgan fingerprint density at radius 1 is 0.902 bits per heavy atom. The van der Waals surface area contributed by atoms with Crippen LogP contribution in [0.2, 0.25) is 0 Å². The molecular weight excluding hydrogens is 530 g/mol. The molecule has 1 saturated heterocycles. The molecule has 4 aromatic rings. The summed E-state index contributed by atoms with van der Waals surface area (Å²) in [5.41, 5.74) is 4.22. The zero-order valence-electron chi connectivity index (χ0n) is 24.1. The van der Waals surface area contributed by atoms with Gasteiger partial charge in [-0.1, -0.05) is 44.0 Å². The van der Waals surface area contributed by atoms with E-state index < -0.39 is 0 Å². The number of unbranched alkanes of at least 4 members (excludes halogenated alkanes) is 2. The lowest BCUT2D eigenvalue weighted by Gasteiger charge is -2.15. The molecule has 0 spiro atoms. The fourth-order valence-corrected chi connectivity index (χ4v) is 6.63. The van der Waals surface area contributed by atoms with E-state index in [0.717, 1.165) is 64.1 Å². The summed E-state index contributed by atoms with van der Waals surface area (Å²) in [4.78, 5) is 27.9. The molecule has 0 saturated carbocycles. The summed E-state index contributed by atoms with van der Waals surface area (Å²) in [6, 6.07) is 22.2. The molecule has 6 heteroatoms. The molecular formula is C35H39NO4S. The van der Waals surface area contributed by atoms with Crippen LogP contribution < -0.4 is 9.47 Å². The van der Waals surface area contributed by atoms with Crippen LogP contribution in [0, 0.1) is 0 Å². The van der Waals surface area contributed by atoms with Gasteiger partial charge < -0.3 is 9.47 Å². The number of nitrogens with zero attached hydrogens (tertiary/aromatic N) is 1. The van der Waals surface area contributed by atoms with Gasteiger partial charge >= 0.3 is 5.97 Å². The average molecular weight is 570 g/mol. The monoisotopic (exact) mass is 569 g/mol. The van der Waals surface area contributed by atoms with Crippen molar-refractivity contribution in [2.24, 2.45) is 0 Å². The molecule has 0 aliphatic carbocycles. The van der Waals surface area contributed by atoms with Crippen molar-refractivity contribution in [1.82, 2.24) is 4.90 Å². The van der Waals surface area contributed by atoms with Gasteiger partial charge in [-0.3, -0.25) is 14.5 Å². The van der Waals surface area contributed by atoms with Gasteiger partial charge in [0.15, 0.2) is 5.78 Å². The molecule has 1 aromatic heterocycles. The minimum Gasteiger partial charge on any atom is -0.492 e. The SMILES string of the molecule is CCCCCC(=O)Oc1ccc(-c2sc3cc(C(C)=O)ccc3c2Cc2ccc(OCCN3CCCC3)cc2)cc1. The lowest BCUT2D eigenvalue weighted by atomic mass is 9.98. The zero-order valence-corrected chi connectivity index (χ0v) is 24.9. The Morgan fingerprint density at radius 2 is 1.63 bits per heavy atom. The van der Waals surface area contributed by atoms with Gasteiger partial charge in [-0.25, -0.2) is 0 Å². The Bertz CT molecular complexity index is 1470. The van der Waals surface area contributed by atoms with Crippen LogP contribution in [-0.2, 0) is 11.2 Å². The number of hydrogen-bond acceptors (Lipinski definition) is 6. The van der Waals surface area contributed by atoms with Gasteiger partial charge in [0, 0.05) is 28.1 Å². The van der Waals surface area contributed by atoms with Crippen LogP contribution in [0.3, 0.4) is 0 Å². The van der Waals surface area contributed by atoms with E-state index in [9.17, 15) is 9.59 Å². The van der Waals surface area contributed by atoms with Crippen molar-refractivity contribution >= 4 is 33.2 Å². The maximum Gasteiger partial charge on any atom is 0.311 e. The molecule has 5 rings (SSSR count). The molecule has 1 fully saturated rings. The van der Waals surface area contributed by atoms with Gasteiger partial charge in [0.05, 0.1) is 0 Å². The maximum atomic E-state index is 12.2. The predicted octanol–water partition coefficient (Wildman–Crippen LogP) is 8.32. The highest BCUT2D eigenvalue weighted by Crippen LogP contribution is 2.41. The van der Waals surface area contributed by atoms with Gasteiger partial charge in [0.25, 0.3) is 0 Å². The van der Waals surface area contributed by atoms with E-state index in [2.05, 4.69) is 42.2 Å². The number of esters is 1. The van der Waals surface area contributed by atoms with Gasteiger partial charge in [-0.05, 0) is 110 Å². The third-order valence-electron chi connectivity index (χ3n) is 7.71. The standard InChI is InChI=1S/C35H39NO4S/c1-3-4-5-8-34(38)40-30-16-11-27(12-17-30)35-32(31-18-13-28(25(2)37)24-33(31)41-35)23-26-9-14-29(15-10-26)39-22-21-36-19-6-7-20-36/h9-18,24H,3-8,19-23H2,1-2H3. The van der Waals surface area contributed by atoms with Gasteiger partial charge in [0.2, 0.25) is 0 Å². The van der Waals surface area contributed by atoms with Gasteiger partial charge in [-0.15, -0.1) is 11.3 Å². The molecule has 214 valence electrons. The van der Waals surface area contributed by atoms with Crippen LogP contribution in [0.5, 0.6) is 11.5 Å². The van der Waals surface area contributed by atoms with Crippen LogP contribution in [0.25, 0.3) is 20.5 Å². The highest BCUT2D eigenvalue weighted by Gasteiger charge is 2.17. The van der Waals surface area contributed by atoms with Crippen molar-refractivity contribution in [1.29, 1.82) is 0 Å². The molecule has 41 heavy (non-hydrogen) atoms. The third kappa shape index (κ3) is 7.63. The quantitative estimate of drug-likeness (QED) is 0.0701. The normalized spacial score (nSPS) is 13.5. The molecule has 0 unspecified atom stereocenters. The van der Waals surface area contributed by atoms with Gasteiger partial charge in [0.1, 0.15) is 18.1 Å². The average Bonchev–Trinajstić information content (AvgIpc) is 3.62. The number of benzene rings is 3. The molecule has 5 nitrogen and oxygen atoms in total. The van der Waals surface area contributed by atoms with Crippen molar-refractivity contribution in [3.05, 3.63) is 83.4 Å². The second-order valence-corrected chi connectivity index (χ2v) is 11.9. The second kappa shape index (κ2) is 13.9. The molecule has 0 N–H and O–H groups in total. The summed E-state index contributed by atoms with van der Waals surface area (Å²) < 4.78 is 12.7. The number of likely N-dealkylation sites (tertiary alicyclic amines) is 1. The number of ketones is 1. The minimum atomic E-state index is -0.186. The number of carbonyl (C=O) groups is 2. The molecule has 3 aromatic carbocycles. The Kier molecular flexibility index (Phi) is 9.86. The molecule has 0 amide bonds. The number of fused-ring (bicyclic) bond motifs is 1. The van der Waals surface area contributed by atoms with Gasteiger partial charge in [-0.2, -0.15) is 0 Å². The topological polar surface area (TPSA) is 55.8 Å². The summed E-state index contributed by atoms with van der Waals surface area (Å²) in [5, 5.41) is 1.16. The highest BCUT2D eigenvalue weighted by atomic mass is 32.1. The smallest absolute Gasteiger partial charge is 0.311 e. The second-order valence-electron chi connectivity index (χ2n) is 10.9. The summed E-state index contributed by atoms with van der Waals surface area (Å²) in [6.07, 6.45) is 6.74. The number of Topliss-reactive ketones (excluding diaryl/α,β-unsaturated/α-hetero) is 1. The van der Waals surface area contributed by atoms with Crippen molar-refractivity contribution in [2.45, 2.75) is 58.8 Å². The van der Waals surface area contributed by atoms with Crippen LogP contribution in [0.15, 0.2) is 66.7 Å².